The molecular formula is C19H27N3+2. The van der Waals surface area contributed by atoms with Crippen molar-refractivity contribution in [2.45, 2.75) is 38.3 Å². The van der Waals surface area contributed by atoms with Gasteiger partial charge in [-0.25, -0.2) is 9.13 Å². The van der Waals surface area contributed by atoms with E-state index in [0.29, 0.717) is 6.04 Å². The van der Waals surface area contributed by atoms with Crippen LogP contribution >= 0.6 is 0 Å². The third-order valence-corrected chi connectivity index (χ3v) is 4.67. The maximum absolute atomic E-state index is 2.48. The summed E-state index contributed by atoms with van der Waals surface area (Å²) >= 11 is 0. The van der Waals surface area contributed by atoms with Gasteiger partial charge in [-0.05, 0) is 45.0 Å². The Morgan fingerprint density at radius 3 is 2.82 bits per heavy atom. The number of aryl methyl sites for hydroxylation is 3. The molecule has 0 amide bonds. The van der Waals surface area contributed by atoms with Crippen LogP contribution in [0.2, 0.25) is 0 Å². The standard InChI is InChI=1S/C19H27N3/c1-20-11-3-7-17(15-20)8-4-13-22-14-5-9-18(16-22)19-10-6-12-21(19)2/h3,5,7,9,11,14-16,19H,4,6,8,10,12-13H2,1-2H3/q+2/t19-/m1/s1. The van der Waals surface area contributed by atoms with Gasteiger partial charge in [0.1, 0.15) is 13.6 Å². The van der Waals surface area contributed by atoms with Crippen molar-refractivity contribution in [1.82, 2.24) is 4.90 Å². The van der Waals surface area contributed by atoms with Crippen LogP contribution in [0, 0.1) is 0 Å². The lowest BCUT2D eigenvalue weighted by Crippen LogP contribution is -2.34. The van der Waals surface area contributed by atoms with Gasteiger partial charge in [0, 0.05) is 35.7 Å². The fraction of sp³-hybridized carbons (Fsp3) is 0.474. The lowest BCUT2D eigenvalue weighted by atomic mass is 10.1. The zero-order valence-electron chi connectivity index (χ0n) is 13.8. The summed E-state index contributed by atoms with van der Waals surface area (Å²) in [6.45, 7) is 2.31. The number of likely N-dealkylation sites (tertiary alicyclic amines) is 1. The Bertz CT molecular complexity index is 624. The van der Waals surface area contributed by atoms with E-state index < -0.39 is 0 Å². The molecule has 0 aliphatic carbocycles. The number of aromatic nitrogens is 2. The van der Waals surface area contributed by atoms with E-state index in [1.165, 1.54) is 36.9 Å². The van der Waals surface area contributed by atoms with E-state index in [1.807, 2.05) is 0 Å². The number of rotatable bonds is 5. The third kappa shape index (κ3) is 3.72. The van der Waals surface area contributed by atoms with Crippen LogP contribution in [0.3, 0.4) is 0 Å². The Kier molecular flexibility index (Phi) is 4.84. The van der Waals surface area contributed by atoms with E-state index in [2.05, 4.69) is 77.2 Å². The van der Waals surface area contributed by atoms with Gasteiger partial charge in [0.15, 0.2) is 24.8 Å². The molecule has 0 bridgehead atoms. The molecule has 0 radical (unpaired) electrons. The molecule has 1 saturated heterocycles. The van der Waals surface area contributed by atoms with Crippen molar-refractivity contribution in [3.05, 3.63) is 60.2 Å². The smallest absolute Gasteiger partial charge is 0.173 e. The van der Waals surface area contributed by atoms with Crippen LogP contribution in [0.5, 0.6) is 0 Å². The first-order chi connectivity index (χ1) is 10.7. The predicted molar refractivity (Wildman–Crippen MR) is 87.2 cm³/mol. The highest BCUT2D eigenvalue weighted by Crippen LogP contribution is 2.29. The van der Waals surface area contributed by atoms with Crippen molar-refractivity contribution >= 4 is 0 Å². The molecule has 0 spiro atoms. The normalized spacial score (nSPS) is 18.7. The minimum atomic E-state index is 0.612. The van der Waals surface area contributed by atoms with E-state index in [9.17, 15) is 0 Å². The summed E-state index contributed by atoms with van der Waals surface area (Å²) in [7, 11) is 4.32. The number of pyridine rings is 2. The molecule has 1 aliphatic rings. The van der Waals surface area contributed by atoms with Crippen LogP contribution in [0.15, 0.2) is 49.1 Å². The minimum Gasteiger partial charge on any atom is -0.299 e. The van der Waals surface area contributed by atoms with Gasteiger partial charge in [0.05, 0.1) is 0 Å². The Hall–Kier alpha value is -1.74. The molecule has 1 aliphatic heterocycles. The molecule has 0 saturated carbocycles. The molecule has 3 nitrogen and oxygen atoms in total. The summed E-state index contributed by atoms with van der Waals surface area (Å²) in [5.74, 6) is 0. The molecule has 22 heavy (non-hydrogen) atoms. The van der Waals surface area contributed by atoms with E-state index in [4.69, 9.17) is 0 Å². The van der Waals surface area contributed by atoms with Crippen molar-refractivity contribution in [3.8, 4) is 0 Å². The molecule has 116 valence electrons. The molecule has 1 atom stereocenters. The first kappa shape index (κ1) is 15.2. The average molecular weight is 297 g/mol. The second kappa shape index (κ2) is 7.01. The lowest BCUT2D eigenvalue weighted by Gasteiger charge is -2.18. The molecule has 0 aromatic carbocycles. The van der Waals surface area contributed by atoms with Crippen LogP contribution in [0.4, 0.5) is 0 Å². The van der Waals surface area contributed by atoms with E-state index >= 15 is 0 Å². The highest BCUT2D eigenvalue weighted by atomic mass is 15.1. The SMILES string of the molecule is CN1CCC[C@@H]1c1ccc[n+](CCCc2ccc[n+](C)c2)c1. The zero-order chi connectivity index (χ0) is 15.4. The average Bonchev–Trinajstić information content (AvgIpc) is 2.94. The fourth-order valence-electron chi connectivity index (χ4n) is 3.47. The first-order valence-electron chi connectivity index (χ1n) is 8.36. The Morgan fingerprint density at radius 2 is 2.05 bits per heavy atom. The Balaban J connectivity index is 1.59. The second-order valence-corrected chi connectivity index (χ2v) is 6.49. The molecule has 3 rings (SSSR count). The molecule has 0 N–H and O–H groups in total. The van der Waals surface area contributed by atoms with Crippen molar-refractivity contribution in [3.63, 3.8) is 0 Å². The zero-order valence-corrected chi connectivity index (χ0v) is 13.8. The van der Waals surface area contributed by atoms with Crippen molar-refractivity contribution in [1.29, 1.82) is 0 Å². The van der Waals surface area contributed by atoms with Gasteiger partial charge in [-0.2, -0.15) is 0 Å². The van der Waals surface area contributed by atoms with Crippen LogP contribution in [-0.2, 0) is 20.0 Å². The maximum atomic E-state index is 2.48. The van der Waals surface area contributed by atoms with Gasteiger partial charge in [-0.3, -0.25) is 4.90 Å². The Morgan fingerprint density at radius 1 is 1.18 bits per heavy atom. The van der Waals surface area contributed by atoms with Crippen LogP contribution < -0.4 is 9.13 Å². The van der Waals surface area contributed by atoms with Gasteiger partial charge in [0.25, 0.3) is 0 Å². The molecule has 2 aromatic rings. The van der Waals surface area contributed by atoms with Gasteiger partial charge in [-0.15, -0.1) is 0 Å². The van der Waals surface area contributed by atoms with E-state index in [-0.39, 0.29) is 0 Å². The molecule has 0 unspecified atom stereocenters. The van der Waals surface area contributed by atoms with Gasteiger partial charge >= 0.3 is 0 Å². The largest absolute Gasteiger partial charge is 0.299 e. The summed E-state index contributed by atoms with van der Waals surface area (Å²) in [6.07, 6.45) is 13.8. The molecule has 3 heteroatoms. The lowest BCUT2D eigenvalue weighted by molar-refractivity contribution is -0.697. The molecular weight excluding hydrogens is 270 g/mol. The summed E-state index contributed by atoms with van der Waals surface area (Å²) in [5.41, 5.74) is 2.88. The van der Waals surface area contributed by atoms with Crippen molar-refractivity contribution in [2.75, 3.05) is 13.6 Å². The molecule has 1 fully saturated rings. The molecule has 3 heterocycles. The highest BCUT2D eigenvalue weighted by Gasteiger charge is 2.24. The summed E-state index contributed by atoms with van der Waals surface area (Å²) in [5, 5.41) is 0. The van der Waals surface area contributed by atoms with Crippen LogP contribution in [-0.4, -0.2) is 18.5 Å². The number of hydrogen-bond acceptors (Lipinski definition) is 1. The molecule has 2 aromatic heterocycles. The van der Waals surface area contributed by atoms with E-state index in [1.54, 1.807) is 0 Å². The van der Waals surface area contributed by atoms with Crippen LogP contribution in [0.1, 0.15) is 36.4 Å². The quantitative estimate of drug-likeness (QED) is 0.770. The first-order valence-corrected chi connectivity index (χ1v) is 8.36. The van der Waals surface area contributed by atoms with E-state index in [0.717, 1.165) is 13.0 Å². The fourth-order valence-corrected chi connectivity index (χ4v) is 3.47. The monoisotopic (exact) mass is 297 g/mol. The summed E-state index contributed by atoms with van der Waals surface area (Å²) < 4.78 is 4.48. The number of hydrogen-bond donors (Lipinski definition) is 0. The Labute approximate surface area is 133 Å². The van der Waals surface area contributed by atoms with Gasteiger partial charge in [0.2, 0.25) is 0 Å². The van der Waals surface area contributed by atoms with Gasteiger partial charge < -0.3 is 0 Å². The second-order valence-electron chi connectivity index (χ2n) is 6.49. The van der Waals surface area contributed by atoms with Crippen LogP contribution in [0.25, 0.3) is 0 Å². The van der Waals surface area contributed by atoms with Gasteiger partial charge in [-0.1, -0.05) is 0 Å². The third-order valence-electron chi connectivity index (χ3n) is 4.67. The summed E-state index contributed by atoms with van der Waals surface area (Å²) in [6, 6.07) is 9.43. The highest BCUT2D eigenvalue weighted by molar-refractivity contribution is 5.12. The topological polar surface area (TPSA) is 11.0 Å². The minimum absolute atomic E-state index is 0.612. The predicted octanol–water partition coefficient (Wildman–Crippen LogP) is 2.20. The van der Waals surface area contributed by atoms with Crippen molar-refractivity contribution < 1.29 is 9.13 Å². The summed E-state index contributed by atoms with van der Waals surface area (Å²) in [4.78, 5) is 2.48. The maximum Gasteiger partial charge on any atom is 0.173 e. The number of nitrogens with zero attached hydrogens (tertiary/aromatic N) is 3. The van der Waals surface area contributed by atoms with Crippen molar-refractivity contribution in [2.24, 2.45) is 7.05 Å².